The molecular weight excluding hydrogens is 350 g/mol. The Hall–Kier alpha value is -0.670. The van der Waals surface area contributed by atoms with Crippen LogP contribution in [0.2, 0.25) is 5.02 Å². The summed E-state index contributed by atoms with van der Waals surface area (Å²) in [7, 11) is -3.94. The summed E-state index contributed by atoms with van der Waals surface area (Å²) in [5.74, 6) is -1.32. The van der Waals surface area contributed by atoms with Crippen LogP contribution in [0, 0.1) is 0 Å². The van der Waals surface area contributed by atoms with Crippen molar-refractivity contribution in [2.75, 3.05) is 6.61 Å². The molecule has 0 aliphatic heterocycles. The van der Waals surface area contributed by atoms with Crippen molar-refractivity contribution in [3.8, 4) is 0 Å². The van der Waals surface area contributed by atoms with E-state index in [0.29, 0.717) is 0 Å². The Balaban J connectivity index is 3.31. The number of aromatic carboxylic acids is 1. The van der Waals surface area contributed by atoms with Crippen molar-refractivity contribution in [3.05, 3.63) is 27.2 Å². The van der Waals surface area contributed by atoms with Crippen molar-refractivity contribution in [2.45, 2.75) is 11.8 Å². The van der Waals surface area contributed by atoms with Crippen LogP contribution in [0.25, 0.3) is 0 Å². The van der Waals surface area contributed by atoms with Gasteiger partial charge in [0, 0.05) is 4.47 Å². The summed E-state index contributed by atoms with van der Waals surface area (Å²) in [6.07, 6.45) is 0. The molecule has 2 N–H and O–H groups in total. The van der Waals surface area contributed by atoms with Gasteiger partial charge in [0.05, 0.1) is 22.1 Å². The Kier molecular flexibility index (Phi) is 5.11. The van der Waals surface area contributed by atoms with Crippen LogP contribution >= 0.6 is 27.5 Å². The van der Waals surface area contributed by atoms with Crippen LogP contribution in [0.1, 0.15) is 17.3 Å². The quantitative estimate of drug-likeness (QED) is 0.786. The van der Waals surface area contributed by atoms with Crippen molar-refractivity contribution < 1.29 is 23.2 Å². The minimum atomic E-state index is -3.94. The largest absolute Gasteiger partial charge is 0.478 e. The highest BCUT2D eigenvalue weighted by molar-refractivity contribution is 9.10. The first kappa shape index (κ1) is 15.4. The molecule has 0 saturated carbocycles. The molecule has 0 atom stereocenters. The molecule has 0 aromatic heterocycles. The smallest absolute Gasteiger partial charge is 0.337 e. The standard InChI is InChI=1S/C9H9BrClNO5S/c1-2-17-12-18(15,16)5-3-6(9(13)14)8(11)7(10)4-5/h3-4,12H,2H2,1H3,(H,13,14). The zero-order chi connectivity index (χ0) is 13.9. The first-order valence-corrected chi connectivity index (χ1v) is 7.31. The first-order chi connectivity index (χ1) is 8.29. The topological polar surface area (TPSA) is 92.7 Å². The number of rotatable bonds is 5. The number of carboxylic acid groups (broad SMARTS) is 1. The van der Waals surface area contributed by atoms with Gasteiger partial charge in [0.1, 0.15) is 0 Å². The van der Waals surface area contributed by atoms with Crippen molar-refractivity contribution in [1.29, 1.82) is 0 Å². The van der Waals surface area contributed by atoms with E-state index in [1.807, 2.05) is 4.89 Å². The number of nitrogens with one attached hydrogen (secondary N) is 1. The molecule has 0 aliphatic carbocycles. The Labute approximate surface area is 117 Å². The van der Waals surface area contributed by atoms with Gasteiger partial charge < -0.3 is 5.11 Å². The molecule has 0 unspecified atom stereocenters. The van der Waals surface area contributed by atoms with E-state index in [0.717, 1.165) is 6.07 Å². The molecule has 0 saturated heterocycles. The highest BCUT2D eigenvalue weighted by Gasteiger charge is 2.20. The number of carbonyl (C=O) groups is 1. The molecule has 1 rings (SSSR count). The zero-order valence-corrected chi connectivity index (χ0v) is 12.3. The molecule has 0 spiro atoms. The van der Waals surface area contributed by atoms with Crippen molar-refractivity contribution in [3.63, 3.8) is 0 Å². The lowest BCUT2D eigenvalue weighted by Gasteiger charge is -2.08. The number of benzene rings is 1. The number of hydrogen-bond acceptors (Lipinski definition) is 4. The van der Waals surface area contributed by atoms with Crippen LogP contribution in [0.3, 0.4) is 0 Å². The highest BCUT2D eigenvalue weighted by Crippen LogP contribution is 2.29. The van der Waals surface area contributed by atoms with Crippen LogP contribution in [0.15, 0.2) is 21.5 Å². The predicted molar refractivity (Wildman–Crippen MR) is 68.1 cm³/mol. The van der Waals surface area contributed by atoms with Gasteiger partial charge in [0.25, 0.3) is 10.0 Å². The maximum Gasteiger partial charge on any atom is 0.337 e. The molecule has 0 fully saturated rings. The lowest BCUT2D eigenvalue weighted by atomic mass is 10.2. The highest BCUT2D eigenvalue weighted by atomic mass is 79.9. The molecule has 0 radical (unpaired) electrons. The molecule has 18 heavy (non-hydrogen) atoms. The Morgan fingerprint density at radius 1 is 1.56 bits per heavy atom. The SMILES string of the molecule is CCONS(=O)(=O)c1cc(Br)c(Cl)c(C(=O)O)c1. The number of sulfonamides is 1. The molecule has 1 aromatic rings. The van der Waals surface area contributed by atoms with Crippen LogP contribution in [0.4, 0.5) is 0 Å². The summed E-state index contributed by atoms with van der Waals surface area (Å²) in [5, 5.41) is 8.83. The van der Waals surface area contributed by atoms with Gasteiger partial charge in [0.15, 0.2) is 0 Å². The van der Waals surface area contributed by atoms with Crippen LogP contribution in [-0.2, 0) is 14.9 Å². The maximum atomic E-state index is 11.7. The number of hydrogen-bond donors (Lipinski definition) is 2. The van der Waals surface area contributed by atoms with E-state index < -0.39 is 16.0 Å². The molecule has 9 heteroatoms. The van der Waals surface area contributed by atoms with Crippen LogP contribution in [0.5, 0.6) is 0 Å². The Bertz CT molecular complexity index is 575. The minimum Gasteiger partial charge on any atom is -0.478 e. The second-order valence-corrected chi connectivity index (χ2v) is 5.97. The summed E-state index contributed by atoms with van der Waals surface area (Å²) in [5.41, 5.74) is -0.317. The van der Waals surface area contributed by atoms with E-state index in [-0.39, 0.29) is 26.6 Å². The molecule has 6 nitrogen and oxygen atoms in total. The van der Waals surface area contributed by atoms with Gasteiger partial charge in [-0.25, -0.2) is 13.2 Å². The molecule has 0 bridgehead atoms. The van der Waals surface area contributed by atoms with Crippen molar-refractivity contribution in [1.82, 2.24) is 4.89 Å². The lowest BCUT2D eigenvalue weighted by Crippen LogP contribution is -2.24. The summed E-state index contributed by atoms with van der Waals surface area (Å²) in [6, 6.07) is 2.15. The van der Waals surface area contributed by atoms with E-state index in [1.165, 1.54) is 6.07 Å². The lowest BCUT2D eigenvalue weighted by molar-refractivity contribution is 0.0696. The van der Waals surface area contributed by atoms with E-state index in [2.05, 4.69) is 20.8 Å². The van der Waals surface area contributed by atoms with Gasteiger partial charge in [0.2, 0.25) is 0 Å². The summed E-state index contributed by atoms with van der Waals surface area (Å²) >= 11 is 8.74. The van der Waals surface area contributed by atoms with Gasteiger partial charge in [-0.15, -0.1) is 0 Å². The van der Waals surface area contributed by atoms with Gasteiger partial charge in [-0.2, -0.15) is 0 Å². The monoisotopic (exact) mass is 357 g/mol. The summed E-state index contributed by atoms with van der Waals surface area (Å²) in [4.78, 5) is 17.1. The van der Waals surface area contributed by atoms with E-state index in [9.17, 15) is 13.2 Å². The predicted octanol–water partition coefficient (Wildman–Crippen LogP) is 2.03. The summed E-state index contributed by atoms with van der Waals surface area (Å²) in [6.45, 7) is 1.74. The molecule has 0 amide bonds. The molecular formula is C9H9BrClNO5S. The van der Waals surface area contributed by atoms with E-state index in [1.54, 1.807) is 6.92 Å². The van der Waals surface area contributed by atoms with Crippen LogP contribution < -0.4 is 4.89 Å². The molecule has 100 valence electrons. The normalized spacial score (nSPS) is 11.5. The fourth-order valence-electron chi connectivity index (χ4n) is 1.06. The second-order valence-electron chi connectivity index (χ2n) is 3.09. The fraction of sp³-hybridized carbons (Fsp3) is 0.222. The first-order valence-electron chi connectivity index (χ1n) is 4.65. The zero-order valence-electron chi connectivity index (χ0n) is 9.11. The summed E-state index contributed by atoms with van der Waals surface area (Å²) < 4.78 is 23.6. The second kappa shape index (κ2) is 5.98. The third-order valence-electron chi connectivity index (χ3n) is 1.86. The van der Waals surface area contributed by atoms with Gasteiger partial charge >= 0.3 is 5.97 Å². The Morgan fingerprint density at radius 2 is 2.17 bits per heavy atom. The fourth-order valence-corrected chi connectivity index (χ4v) is 2.78. The van der Waals surface area contributed by atoms with Crippen molar-refractivity contribution >= 4 is 43.5 Å². The van der Waals surface area contributed by atoms with Crippen LogP contribution in [-0.4, -0.2) is 26.1 Å². The Morgan fingerprint density at radius 3 is 2.67 bits per heavy atom. The van der Waals surface area contributed by atoms with E-state index >= 15 is 0 Å². The number of carboxylic acids is 1. The third kappa shape index (κ3) is 3.42. The molecule has 0 heterocycles. The maximum absolute atomic E-state index is 11.7. The average Bonchev–Trinajstić information content (AvgIpc) is 2.29. The third-order valence-corrected chi connectivity index (χ3v) is 4.31. The molecule has 1 aromatic carbocycles. The van der Waals surface area contributed by atoms with Gasteiger partial charge in [-0.3, -0.25) is 4.84 Å². The minimum absolute atomic E-state index is 0.0714. The number of halogens is 2. The average molecular weight is 359 g/mol. The van der Waals surface area contributed by atoms with Gasteiger partial charge in [-0.05, 0) is 35.0 Å². The molecule has 0 aliphatic rings. The van der Waals surface area contributed by atoms with E-state index in [4.69, 9.17) is 16.7 Å². The van der Waals surface area contributed by atoms with Crippen molar-refractivity contribution in [2.24, 2.45) is 0 Å². The van der Waals surface area contributed by atoms with Gasteiger partial charge in [-0.1, -0.05) is 16.5 Å².